The van der Waals surface area contributed by atoms with Gasteiger partial charge in [-0.25, -0.2) is 17.1 Å². The molecule has 128 valence electrons. The number of sulfonamides is 1. The molecule has 1 heterocycles. The summed E-state index contributed by atoms with van der Waals surface area (Å²) in [6.45, 7) is 4.15. The van der Waals surface area contributed by atoms with E-state index in [4.69, 9.17) is 0 Å². The fourth-order valence-corrected chi connectivity index (χ4v) is 3.94. The molecule has 0 aliphatic carbocycles. The van der Waals surface area contributed by atoms with Gasteiger partial charge < -0.3 is 5.32 Å². The van der Waals surface area contributed by atoms with E-state index in [9.17, 15) is 17.6 Å². The molecule has 1 aliphatic heterocycles. The molecule has 1 aromatic carbocycles. The Morgan fingerprint density at radius 2 is 2.04 bits per heavy atom. The van der Waals surface area contributed by atoms with Crippen molar-refractivity contribution in [2.24, 2.45) is 5.92 Å². The lowest BCUT2D eigenvalue weighted by atomic mass is 9.98. The first-order valence-electron chi connectivity index (χ1n) is 7.87. The highest BCUT2D eigenvalue weighted by Crippen LogP contribution is 2.21. The van der Waals surface area contributed by atoms with Gasteiger partial charge in [0, 0.05) is 13.1 Å². The molecular formula is C16H23FN2O3S. The Bertz CT molecular complexity index is 646. The van der Waals surface area contributed by atoms with Gasteiger partial charge in [-0.3, -0.25) is 4.79 Å². The molecule has 2 atom stereocenters. The number of hydrogen-bond acceptors (Lipinski definition) is 3. The third-order valence-electron chi connectivity index (χ3n) is 4.24. The van der Waals surface area contributed by atoms with Gasteiger partial charge in [-0.05, 0) is 44.4 Å². The fourth-order valence-electron chi connectivity index (χ4n) is 2.76. The summed E-state index contributed by atoms with van der Waals surface area (Å²) in [5.74, 6) is -0.765. The van der Waals surface area contributed by atoms with E-state index in [1.54, 1.807) is 19.1 Å². The summed E-state index contributed by atoms with van der Waals surface area (Å²) >= 11 is 0. The standard InChI is InChI=1S/C16H23FN2O3S/c1-3-23(21,22)19-10-4-5-14(11-19)16(20)18-12(2)13-6-8-15(17)9-7-13/h6-9,12,14H,3-5,10-11H2,1-2H3,(H,18,20)/t12-,14+/m0/s1. The molecule has 0 saturated carbocycles. The van der Waals surface area contributed by atoms with E-state index in [0.717, 1.165) is 5.56 Å². The number of nitrogens with zero attached hydrogens (tertiary/aromatic N) is 1. The lowest BCUT2D eigenvalue weighted by molar-refractivity contribution is -0.126. The third kappa shape index (κ3) is 4.51. The molecule has 23 heavy (non-hydrogen) atoms. The van der Waals surface area contributed by atoms with Crippen molar-refractivity contribution in [2.45, 2.75) is 32.7 Å². The molecule has 0 aromatic heterocycles. The average molecular weight is 342 g/mol. The first-order chi connectivity index (χ1) is 10.8. The minimum absolute atomic E-state index is 0.0489. The van der Waals surface area contributed by atoms with Crippen LogP contribution >= 0.6 is 0 Å². The zero-order valence-electron chi connectivity index (χ0n) is 13.5. The third-order valence-corrected chi connectivity index (χ3v) is 6.09. The summed E-state index contributed by atoms with van der Waals surface area (Å²) in [6.07, 6.45) is 1.36. The minimum atomic E-state index is -3.26. The highest BCUT2D eigenvalue weighted by atomic mass is 32.2. The summed E-state index contributed by atoms with van der Waals surface area (Å²) in [4.78, 5) is 12.4. The molecule has 2 rings (SSSR count). The van der Waals surface area contributed by atoms with Gasteiger partial charge in [0.1, 0.15) is 5.82 Å². The van der Waals surface area contributed by atoms with Crippen molar-refractivity contribution in [3.05, 3.63) is 35.6 Å². The van der Waals surface area contributed by atoms with Crippen LogP contribution < -0.4 is 5.32 Å². The Balaban J connectivity index is 1.98. The zero-order valence-corrected chi connectivity index (χ0v) is 14.3. The molecule has 7 heteroatoms. The zero-order chi connectivity index (χ0) is 17.0. The van der Waals surface area contributed by atoms with Gasteiger partial charge in [-0.2, -0.15) is 0 Å². The Hall–Kier alpha value is -1.47. The number of hydrogen-bond donors (Lipinski definition) is 1. The Kier molecular flexibility index (Phi) is 5.75. The van der Waals surface area contributed by atoms with Crippen LogP contribution in [-0.2, 0) is 14.8 Å². The molecule has 0 radical (unpaired) electrons. The van der Waals surface area contributed by atoms with E-state index in [2.05, 4.69) is 5.32 Å². The van der Waals surface area contributed by atoms with E-state index >= 15 is 0 Å². The first-order valence-corrected chi connectivity index (χ1v) is 9.48. The second kappa shape index (κ2) is 7.40. The number of carbonyl (C=O) groups excluding carboxylic acids is 1. The SMILES string of the molecule is CCS(=O)(=O)N1CCC[C@@H](C(=O)N[C@@H](C)c2ccc(F)cc2)C1. The summed E-state index contributed by atoms with van der Waals surface area (Å²) < 4.78 is 38.3. The van der Waals surface area contributed by atoms with Crippen LogP contribution in [0.3, 0.4) is 0 Å². The van der Waals surface area contributed by atoms with E-state index in [1.165, 1.54) is 16.4 Å². The van der Waals surface area contributed by atoms with Crippen LogP contribution in [0.4, 0.5) is 4.39 Å². The van der Waals surface area contributed by atoms with E-state index < -0.39 is 10.0 Å². The maximum atomic E-state index is 12.9. The van der Waals surface area contributed by atoms with Crippen molar-refractivity contribution < 1.29 is 17.6 Å². The van der Waals surface area contributed by atoms with Gasteiger partial charge in [0.2, 0.25) is 15.9 Å². The monoisotopic (exact) mass is 342 g/mol. The predicted octanol–water partition coefficient (Wildman–Crippen LogP) is 2.06. The van der Waals surface area contributed by atoms with Crippen molar-refractivity contribution in [2.75, 3.05) is 18.8 Å². The van der Waals surface area contributed by atoms with Crippen molar-refractivity contribution in [3.8, 4) is 0 Å². The van der Waals surface area contributed by atoms with Gasteiger partial charge in [-0.15, -0.1) is 0 Å². The molecule has 1 amide bonds. The molecule has 1 saturated heterocycles. The molecule has 5 nitrogen and oxygen atoms in total. The van der Waals surface area contributed by atoms with Crippen molar-refractivity contribution in [1.82, 2.24) is 9.62 Å². The summed E-state index contributed by atoms with van der Waals surface area (Å²) in [5.41, 5.74) is 0.814. The number of halogens is 1. The van der Waals surface area contributed by atoms with E-state index in [1.807, 2.05) is 6.92 Å². The summed E-state index contributed by atoms with van der Waals surface area (Å²) in [5, 5.41) is 2.89. The van der Waals surface area contributed by atoms with Gasteiger partial charge in [-0.1, -0.05) is 12.1 Å². The number of amides is 1. The van der Waals surface area contributed by atoms with Gasteiger partial charge in [0.15, 0.2) is 0 Å². The van der Waals surface area contributed by atoms with E-state index in [0.29, 0.717) is 19.4 Å². The molecule has 1 aliphatic rings. The van der Waals surface area contributed by atoms with Crippen LogP contribution in [0.5, 0.6) is 0 Å². The topological polar surface area (TPSA) is 66.5 Å². The number of carbonyl (C=O) groups is 1. The van der Waals surface area contributed by atoms with Crippen LogP contribution in [0.25, 0.3) is 0 Å². The van der Waals surface area contributed by atoms with Gasteiger partial charge in [0.05, 0.1) is 17.7 Å². The fraction of sp³-hybridized carbons (Fsp3) is 0.562. The highest BCUT2D eigenvalue weighted by Gasteiger charge is 2.31. The smallest absolute Gasteiger partial charge is 0.224 e. The summed E-state index contributed by atoms with van der Waals surface area (Å²) in [6, 6.07) is 5.73. The molecule has 1 aromatic rings. The number of benzene rings is 1. The lowest BCUT2D eigenvalue weighted by Gasteiger charge is -2.31. The first kappa shape index (κ1) is 17.9. The number of nitrogens with one attached hydrogen (secondary N) is 1. The van der Waals surface area contributed by atoms with Crippen molar-refractivity contribution in [1.29, 1.82) is 0 Å². The molecular weight excluding hydrogens is 319 g/mol. The maximum Gasteiger partial charge on any atom is 0.224 e. The van der Waals surface area contributed by atoms with Crippen molar-refractivity contribution in [3.63, 3.8) is 0 Å². The second-order valence-electron chi connectivity index (χ2n) is 5.88. The van der Waals surface area contributed by atoms with Gasteiger partial charge >= 0.3 is 0 Å². The number of rotatable bonds is 5. The van der Waals surface area contributed by atoms with Crippen LogP contribution in [0.2, 0.25) is 0 Å². The summed E-state index contributed by atoms with van der Waals surface area (Å²) in [7, 11) is -3.26. The predicted molar refractivity (Wildman–Crippen MR) is 86.7 cm³/mol. The Labute approximate surface area is 136 Å². The van der Waals surface area contributed by atoms with E-state index in [-0.39, 0.29) is 36.0 Å². The quantitative estimate of drug-likeness (QED) is 0.891. The molecule has 1 fully saturated rings. The molecule has 0 bridgehead atoms. The Morgan fingerprint density at radius 1 is 1.39 bits per heavy atom. The highest BCUT2D eigenvalue weighted by molar-refractivity contribution is 7.89. The van der Waals surface area contributed by atoms with Crippen LogP contribution in [0.1, 0.15) is 38.3 Å². The average Bonchev–Trinajstić information content (AvgIpc) is 2.55. The van der Waals surface area contributed by atoms with Crippen LogP contribution in [0, 0.1) is 11.7 Å². The van der Waals surface area contributed by atoms with Gasteiger partial charge in [0.25, 0.3) is 0 Å². The van der Waals surface area contributed by atoms with Crippen LogP contribution in [0.15, 0.2) is 24.3 Å². The lowest BCUT2D eigenvalue weighted by Crippen LogP contribution is -2.46. The number of piperidine rings is 1. The van der Waals surface area contributed by atoms with Crippen LogP contribution in [-0.4, -0.2) is 37.5 Å². The largest absolute Gasteiger partial charge is 0.349 e. The molecule has 0 unspecified atom stereocenters. The minimum Gasteiger partial charge on any atom is -0.349 e. The van der Waals surface area contributed by atoms with Crippen molar-refractivity contribution >= 4 is 15.9 Å². The Morgan fingerprint density at radius 3 is 2.65 bits per heavy atom. The maximum absolute atomic E-state index is 12.9. The second-order valence-corrected chi connectivity index (χ2v) is 8.14. The molecule has 1 N–H and O–H groups in total. The molecule has 0 spiro atoms. The normalized spacial score (nSPS) is 20.9.